The SMILES string of the molecule is C=CCN(Cc1ccc(Cl)s1)C(=O)Cn1cnc2scc(-c3ccccc3)c2c1=O. The van der Waals surface area contributed by atoms with E-state index in [1.54, 1.807) is 11.0 Å². The summed E-state index contributed by atoms with van der Waals surface area (Å²) >= 11 is 8.86. The van der Waals surface area contributed by atoms with Crippen LogP contribution in [0.15, 0.2) is 71.6 Å². The summed E-state index contributed by atoms with van der Waals surface area (Å²) in [7, 11) is 0. The van der Waals surface area contributed by atoms with E-state index >= 15 is 0 Å². The number of halogens is 1. The fraction of sp³-hybridized carbons (Fsp3) is 0.136. The van der Waals surface area contributed by atoms with Gasteiger partial charge in [0.2, 0.25) is 5.91 Å². The van der Waals surface area contributed by atoms with Crippen molar-refractivity contribution in [2.24, 2.45) is 0 Å². The maximum atomic E-state index is 13.2. The van der Waals surface area contributed by atoms with E-state index in [2.05, 4.69) is 11.6 Å². The lowest BCUT2D eigenvalue weighted by Crippen LogP contribution is -2.36. The minimum absolute atomic E-state index is 0.0845. The van der Waals surface area contributed by atoms with Crippen molar-refractivity contribution in [2.75, 3.05) is 6.54 Å². The molecule has 4 rings (SSSR count). The third-order valence-corrected chi connectivity index (χ3v) is 6.73. The van der Waals surface area contributed by atoms with Gasteiger partial charge in [-0.25, -0.2) is 4.98 Å². The lowest BCUT2D eigenvalue weighted by molar-refractivity contribution is -0.131. The van der Waals surface area contributed by atoms with E-state index in [1.807, 2.05) is 47.8 Å². The summed E-state index contributed by atoms with van der Waals surface area (Å²) in [5.74, 6) is -0.181. The Morgan fingerprint density at radius 1 is 1.23 bits per heavy atom. The van der Waals surface area contributed by atoms with Gasteiger partial charge in [-0.05, 0) is 17.7 Å². The molecular formula is C22H18ClN3O2S2. The molecule has 3 heterocycles. The number of fused-ring (bicyclic) bond motifs is 1. The van der Waals surface area contributed by atoms with Crippen LogP contribution in [0.5, 0.6) is 0 Å². The van der Waals surface area contributed by atoms with Gasteiger partial charge in [0.25, 0.3) is 5.56 Å². The smallest absolute Gasteiger partial charge is 0.263 e. The maximum Gasteiger partial charge on any atom is 0.263 e. The summed E-state index contributed by atoms with van der Waals surface area (Å²) in [5.41, 5.74) is 1.58. The highest BCUT2D eigenvalue weighted by Crippen LogP contribution is 2.30. The lowest BCUT2D eigenvalue weighted by Gasteiger charge is -2.21. The van der Waals surface area contributed by atoms with Gasteiger partial charge < -0.3 is 4.90 Å². The van der Waals surface area contributed by atoms with Crippen LogP contribution in [0.4, 0.5) is 0 Å². The average molecular weight is 456 g/mol. The quantitative estimate of drug-likeness (QED) is 0.366. The number of carbonyl (C=O) groups is 1. The van der Waals surface area contributed by atoms with Crippen molar-refractivity contribution in [3.8, 4) is 11.1 Å². The summed E-state index contributed by atoms with van der Waals surface area (Å²) in [4.78, 5) is 33.8. The Bertz CT molecular complexity index is 1260. The third-order valence-electron chi connectivity index (χ3n) is 4.63. The molecule has 3 aromatic heterocycles. The molecule has 0 aliphatic rings. The second kappa shape index (κ2) is 8.95. The minimum Gasteiger partial charge on any atom is -0.332 e. The fourth-order valence-corrected chi connectivity index (χ4v) is 5.20. The van der Waals surface area contributed by atoms with Crippen LogP contribution in [-0.4, -0.2) is 26.9 Å². The number of aromatic nitrogens is 2. The first-order valence-electron chi connectivity index (χ1n) is 9.21. The number of nitrogens with zero attached hydrogens (tertiary/aromatic N) is 3. The Balaban J connectivity index is 1.64. The molecular weight excluding hydrogens is 438 g/mol. The Morgan fingerprint density at radius 2 is 2.03 bits per heavy atom. The second-order valence-corrected chi connectivity index (χ2v) is 9.30. The number of thiophene rings is 2. The molecule has 4 aromatic rings. The highest BCUT2D eigenvalue weighted by Gasteiger charge is 2.18. The summed E-state index contributed by atoms with van der Waals surface area (Å²) < 4.78 is 2.05. The fourth-order valence-electron chi connectivity index (χ4n) is 3.19. The van der Waals surface area contributed by atoms with Gasteiger partial charge in [-0.15, -0.1) is 29.3 Å². The van der Waals surface area contributed by atoms with Crippen LogP contribution in [-0.2, 0) is 17.9 Å². The van der Waals surface area contributed by atoms with E-state index in [4.69, 9.17) is 11.6 Å². The van der Waals surface area contributed by atoms with E-state index in [1.165, 1.54) is 33.6 Å². The van der Waals surface area contributed by atoms with Crippen molar-refractivity contribution in [3.63, 3.8) is 0 Å². The first-order valence-corrected chi connectivity index (χ1v) is 11.3. The van der Waals surface area contributed by atoms with Crippen LogP contribution in [0.3, 0.4) is 0 Å². The number of hydrogen-bond donors (Lipinski definition) is 0. The molecule has 0 radical (unpaired) electrons. The van der Waals surface area contributed by atoms with E-state index < -0.39 is 0 Å². The van der Waals surface area contributed by atoms with Crippen molar-refractivity contribution in [2.45, 2.75) is 13.1 Å². The van der Waals surface area contributed by atoms with Gasteiger partial charge in [0.1, 0.15) is 11.4 Å². The van der Waals surface area contributed by atoms with Crippen molar-refractivity contribution in [1.82, 2.24) is 14.5 Å². The van der Waals surface area contributed by atoms with Gasteiger partial charge in [0.15, 0.2) is 0 Å². The molecule has 0 saturated carbocycles. The highest BCUT2D eigenvalue weighted by molar-refractivity contribution is 7.17. The van der Waals surface area contributed by atoms with Crippen molar-refractivity contribution in [3.05, 3.63) is 86.4 Å². The largest absolute Gasteiger partial charge is 0.332 e. The Kier molecular flexibility index (Phi) is 6.13. The van der Waals surface area contributed by atoms with Gasteiger partial charge in [-0.3, -0.25) is 14.2 Å². The number of benzene rings is 1. The zero-order valence-electron chi connectivity index (χ0n) is 16.0. The van der Waals surface area contributed by atoms with Crippen molar-refractivity contribution >= 4 is 50.4 Å². The van der Waals surface area contributed by atoms with Crippen LogP contribution in [0, 0.1) is 0 Å². The first kappa shape index (κ1) is 20.5. The monoisotopic (exact) mass is 455 g/mol. The first-order chi connectivity index (χ1) is 14.6. The molecule has 0 fully saturated rings. The zero-order valence-corrected chi connectivity index (χ0v) is 18.3. The van der Waals surface area contributed by atoms with E-state index in [9.17, 15) is 9.59 Å². The molecule has 30 heavy (non-hydrogen) atoms. The molecule has 8 heteroatoms. The molecule has 1 amide bonds. The zero-order chi connectivity index (χ0) is 21.1. The molecule has 0 atom stereocenters. The third kappa shape index (κ3) is 4.23. The van der Waals surface area contributed by atoms with E-state index in [-0.39, 0.29) is 18.0 Å². The van der Waals surface area contributed by atoms with Crippen LogP contribution in [0.1, 0.15) is 4.88 Å². The predicted octanol–water partition coefficient (Wildman–Crippen LogP) is 5.05. The van der Waals surface area contributed by atoms with Crippen LogP contribution < -0.4 is 5.56 Å². The summed E-state index contributed by atoms with van der Waals surface area (Å²) in [6, 6.07) is 13.4. The normalized spacial score (nSPS) is 11.0. The van der Waals surface area contributed by atoms with E-state index in [0.29, 0.717) is 27.6 Å². The molecule has 0 unspecified atom stereocenters. The molecule has 0 N–H and O–H groups in total. The molecule has 0 saturated heterocycles. The highest BCUT2D eigenvalue weighted by atomic mass is 35.5. The molecule has 5 nitrogen and oxygen atoms in total. The molecule has 0 aliphatic carbocycles. The molecule has 0 bridgehead atoms. The van der Waals surface area contributed by atoms with Crippen LogP contribution >= 0.6 is 34.3 Å². The second-order valence-electron chi connectivity index (χ2n) is 6.64. The maximum absolute atomic E-state index is 13.2. The standard InChI is InChI=1S/C22H18ClN3O2S2/c1-2-10-25(11-16-8-9-18(23)30-16)19(27)12-26-14-24-21-20(22(26)28)17(13-29-21)15-6-4-3-5-7-15/h2-9,13-14H,1,10-12H2. The lowest BCUT2D eigenvalue weighted by atomic mass is 10.1. The molecule has 0 spiro atoms. The van der Waals surface area contributed by atoms with E-state index in [0.717, 1.165) is 16.0 Å². The van der Waals surface area contributed by atoms with Crippen LogP contribution in [0.25, 0.3) is 21.3 Å². The molecule has 1 aromatic carbocycles. The summed E-state index contributed by atoms with van der Waals surface area (Å²) in [5, 5.41) is 2.48. The number of carbonyl (C=O) groups excluding carboxylic acids is 1. The summed E-state index contributed by atoms with van der Waals surface area (Å²) in [6.45, 7) is 4.45. The van der Waals surface area contributed by atoms with Gasteiger partial charge >= 0.3 is 0 Å². The Labute approximate surface area is 186 Å². The van der Waals surface area contributed by atoms with Crippen molar-refractivity contribution < 1.29 is 4.79 Å². The van der Waals surface area contributed by atoms with Gasteiger partial charge in [-0.1, -0.05) is 48.0 Å². The topological polar surface area (TPSA) is 55.2 Å². The predicted molar refractivity (Wildman–Crippen MR) is 124 cm³/mol. The number of amides is 1. The van der Waals surface area contributed by atoms with Gasteiger partial charge in [-0.2, -0.15) is 0 Å². The Morgan fingerprint density at radius 3 is 2.73 bits per heavy atom. The molecule has 152 valence electrons. The van der Waals surface area contributed by atoms with Gasteiger partial charge in [0, 0.05) is 22.4 Å². The van der Waals surface area contributed by atoms with Crippen molar-refractivity contribution in [1.29, 1.82) is 0 Å². The molecule has 0 aliphatic heterocycles. The average Bonchev–Trinajstić information content (AvgIpc) is 3.37. The summed E-state index contributed by atoms with van der Waals surface area (Å²) in [6.07, 6.45) is 3.12. The van der Waals surface area contributed by atoms with Gasteiger partial charge in [0.05, 0.1) is 22.6 Å². The minimum atomic E-state index is -0.217. The number of hydrogen-bond acceptors (Lipinski definition) is 5. The van der Waals surface area contributed by atoms with Crippen LogP contribution in [0.2, 0.25) is 4.34 Å². The number of rotatable bonds is 7. The Hall–Kier alpha value is -2.74.